The van der Waals surface area contributed by atoms with Gasteiger partial charge >= 0.3 is 0 Å². The van der Waals surface area contributed by atoms with Gasteiger partial charge in [-0.05, 0) is 148 Å². The predicted octanol–water partition coefficient (Wildman–Crippen LogP) is 9.82. The number of allylic oxidation sites excluding steroid dienone is 3. The Kier molecular flexibility index (Phi) is 5.12. The van der Waals surface area contributed by atoms with Crippen molar-refractivity contribution in [3.63, 3.8) is 0 Å². The summed E-state index contributed by atoms with van der Waals surface area (Å²) in [5, 5.41) is 16.3. The average Bonchev–Trinajstić information content (AvgIpc) is 3.04. The van der Waals surface area contributed by atoms with Crippen molar-refractivity contribution in [2.75, 3.05) is 7.11 Å². The second kappa shape index (κ2) is 9.10. The molecule has 206 valence electrons. The molecule has 0 radical (unpaired) electrons. The molecule has 0 unspecified atom stereocenters. The summed E-state index contributed by atoms with van der Waals surface area (Å²) >= 11 is 0. The molecule has 1 aliphatic carbocycles. The number of hydrogen-bond donors (Lipinski definition) is 0. The van der Waals surface area contributed by atoms with Gasteiger partial charge in [-0.1, -0.05) is 54.6 Å². The van der Waals surface area contributed by atoms with Crippen molar-refractivity contribution in [2.24, 2.45) is 0 Å². The van der Waals surface area contributed by atoms with E-state index in [4.69, 9.17) is 4.74 Å². The zero-order chi connectivity index (χ0) is 29.5. The number of carbonyl (C=O) groups is 2. The normalized spacial score (nSPS) is 13.9. The minimum absolute atomic E-state index is 0.0657. The highest BCUT2D eigenvalue weighted by Gasteiger charge is 2.25. The lowest BCUT2D eigenvalue weighted by Gasteiger charge is -2.15. The van der Waals surface area contributed by atoms with Crippen molar-refractivity contribution in [1.82, 2.24) is 0 Å². The van der Waals surface area contributed by atoms with Crippen LogP contribution in [0.3, 0.4) is 0 Å². The van der Waals surface area contributed by atoms with Crippen LogP contribution in [0, 0.1) is 0 Å². The largest absolute Gasteiger partial charge is 0.492 e. The summed E-state index contributed by atoms with van der Waals surface area (Å²) in [6.45, 7) is 0. The highest BCUT2D eigenvalue weighted by atomic mass is 16.5. The van der Waals surface area contributed by atoms with Crippen LogP contribution in [-0.2, 0) is 14.3 Å². The molecule has 8 aromatic rings. The summed E-state index contributed by atoms with van der Waals surface area (Å²) in [7, 11) is 1.42. The van der Waals surface area contributed by atoms with Crippen LogP contribution in [-0.4, -0.2) is 18.7 Å². The number of rotatable bonds is 2. The summed E-state index contributed by atoms with van der Waals surface area (Å²) < 4.78 is 5.22. The van der Waals surface area contributed by atoms with Crippen molar-refractivity contribution in [3.05, 3.63) is 139 Å². The van der Waals surface area contributed by atoms with Gasteiger partial charge in [0.1, 0.15) is 0 Å². The monoisotopic (exact) mass is 564 g/mol. The van der Waals surface area contributed by atoms with Crippen molar-refractivity contribution >= 4 is 92.5 Å². The van der Waals surface area contributed by atoms with Gasteiger partial charge in [0, 0.05) is 11.6 Å². The first kappa shape index (κ1) is 24.8. The topological polar surface area (TPSA) is 43.4 Å². The maximum absolute atomic E-state index is 13.2. The van der Waals surface area contributed by atoms with E-state index in [-0.39, 0.29) is 17.3 Å². The Bertz CT molecular complexity index is 2670. The molecule has 0 amide bonds. The molecule has 0 saturated heterocycles. The van der Waals surface area contributed by atoms with Crippen LogP contribution in [0.15, 0.2) is 133 Å². The van der Waals surface area contributed by atoms with Crippen LogP contribution >= 0.6 is 0 Å². The molecular formula is C41H24O3. The molecule has 8 aromatic carbocycles. The minimum Gasteiger partial charge on any atom is -0.492 e. The van der Waals surface area contributed by atoms with Gasteiger partial charge in [0.25, 0.3) is 0 Å². The van der Waals surface area contributed by atoms with Gasteiger partial charge in [-0.25, -0.2) is 0 Å². The minimum atomic E-state index is -0.281. The number of ether oxygens (including phenoxy) is 1. The Morgan fingerprint density at radius 2 is 0.886 bits per heavy atom. The molecule has 0 atom stereocenters. The molecule has 44 heavy (non-hydrogen) atoms. The van der Waals surface area contributed by atoms with Crippen LogP contribution < -0.4 is 0 Å². The molecule has 3 nitrogen and oxygen atoms in total. The third-order valence-electron chi connectivity index (χ3n) is 9.11. The van der Waals surface area contributed by atoms with Crippen molar-refractivity contribution in [3.8, 4) is 0 Å². The lowest BCUT2D eigenvalue weighted by molar-refractivity contribution is -0.116. The van der Waals surface area contributed by atoms with Gasteiger partial charge < -0.3 is 4.74 Å². The van der Waals surface area contributed by atoms with Crippen LogP contribution in [0.2, 0.25) is 0 Å². The number of carbonyl (C=O) groups excluding carboxylic acids is 2. The third kappa shape index (κ3) is 3.69. The maximum Gasteiger partial charge on any atom is 0.228 e. The van der Waals surface area contributed by atoms with E-state index in [0.29, 0.717) is 5.57 Å². The Hall–Kier alpha value is -5.80. The predicted molar refractivity (Wildman–Crippen MR) is 182 cm³/mol. The molecule has 9 rings (SSSR count). The maximum atomic E-state index is 13.2. The summed E-state index contributed by atoms with van der Waals surface area (Å²) in [5.74, 6) is -0.465. The van der Waals surface area contributed by atoms with Crippen molar-refractivity contribution in [1.29, 1.82) is 0 Å². The van der Waals surface area contributed by atoms with E-state index in [9.17, 15) is 9.59 Å². The zero-order valence-corrected chi connectivity index (χ0v) is 23.8. The SMILES string of the molecule is COC1=CC(=O)C=C(c2cccc3cc4cc5ccc6cc7cc8cc9ccccc9cc8cc7cc6c5cc4cc23)C1=O. The van der Waals surface area contributed by atoms with Crippen LogP contribution in [0.4, 0.5) is 0 Å². The van der Waals surface area contributed by atoms with Gasteiger partial charge in [-0.3, -0.25) is 9.59 Å². The van der Waals surface area contributed by atoms with Crippen LogP contribution in [0.5, 0.6) is 0 Å². The van der Waals surface area contributed by atoms with E-state index in [2.05, 4.69) is 97.1 Å². The molecule has 0 fully saturated rings. The first-order valence-electron chi connectivity index (χ1n) is 14.7. The Balaban J connectivity index is 1.27. The number of Topliss-reactive ketones (excluding diaryl/α,β-unsaturated/α-hetero) is 1. The first-order valence-corrected chi connectivity index (χ1v) is 14.7. The standard InChI is InChI=1S/C41H24O3/c1-44-40-22-34(42)21-39(41(40)43)35-8-4-7-25-13-30-14-26-9-10-27-15-31-16-28-11-23-5-2-3-6-24(23)12-29(28)17-32(31)18-37(27)38(26)20-33(30)19-36(25)35/h2-22H,1H3. The fourth-order valence-corrected chi connectivity index (χ4v) is 6.94. The Morgan fingerprint density at radius 1 is 0.432 bits per heavy atom. The molecular weight excluding hydrogens is 540 g/mol. The van der Waals surface area contributed by atoms with E-state index in [1.807, 2.05) is 18.2 Å². The molecule has 3 heteroatoms. The number of benzene rings is 8. The Morgan fingerprint density at radius 3 is 1.48 bits per heavy atom. The number of ketones is 2. The smallest absolute Gasteiger partial charge is 0.228 e. The number of fused-ring (bicyclic) bond motifs is 8. The Labute approximate surface area is 252 Å². The molecule has 0 N–H and O–H groups in total. The van der Waals surface area contributed by atoms with E-state index in [1.54, 1.807) is 0 Å². The fraction of sp³-hybridized carbons (Fsp3) is 0.0244. The van der Waals surface area contributed by atoms with E-state index >= 15 is 0 Å². The lowest BCUT2D eigenvalue weighted by atomic mass is 9.89. The quantitative estimate of drug-likeness (QED) is 0.119. The molecule has 0 saturated carbocycles. The van der Waals surface area contributed by atoms with Gasteiger partial charge in [0.05, 0.1) is 7.11 Å². The van der Waals surface area contributed by atoms with Crippen LogP contribution in [0.1, 0.15) is 5.56 Å². The van der Waals surface area contributed by atoms with Crippen molar-refractivity contribution < 1.29 is 14.3 Å². The molecule has 0 aliphatic heterocycles. The molecule has 0 spiro atoms. The van der Waals surface area contributed by atoms with E-state index in [0.717, 1.165) is 27.1 Å². The summed E-state index contributed by atoms with van der Waals surface area (Å²) in [6, 6.07) is 41.4. The second-order valence-electron chi connectivity index (χ2n) is 11.7. The summed E-state index contributed by atoms with van der Waals surface area (Å²) in [6.07, 6.45) is 2.66. The zero-order valence-electron chi connectivity index (χ0n) is 23.8. The molecule has 0 heterocycles. The molecule has 0 aromatic heterocycles. The summed E-state index contributed by atoms with van der Waals surface area (Å²) in [4.78, 5) is 25.6. The highest BCUT2D eigenvalue weighted by Crippen LogP contribution is 2.37. The van der Waals surface area contributed by atoms with Crippen LogP contribution in [0.25, 0.3) is 81.0 Å². The molecule has 1 aliphatic rings. The second-order valence-corrected chi connectivity index (χ2v) is 11.7. The van der Waals surface area contributed by atoms with Gasteiger partial charge in [-0.15, -0.1) is 0 Å². The molecule has 0 bridgehead atoms. The van der Waals surface area contributed by atoms with Gasteiger partial charge in [0.15, 0.2) is 11.5 Å². The van der Waals surface area contributed by atoms with E-state index in [1.165, 1.54) is 73.1 Å². The van der Waals surface area contributed by atoms with Crippen molar-refractivity contribution in [2.45, 2.75) is 0 Å². The number of methoxy groups -OCH3 is 1. The van der Waals surface area contributed by atoms with Gasteiger partial charge in [0.2, 0.25) is 5.78 Å². The fourth-order valence-electron chi connectivity index (χ4n) is 6.94. The third-order valence-corrected chi connectivity index (χ3v) is 9.11. The lowest BCUT2D eigenvalue weighted by Crippen LogP contribution is -2.14. The summed E-state index contributed by atoms with van der Waals surface area (Å²) in [5.41, 5.74) is 1.09. The average molecular weight is 565 g/mol. The number of hydrogen-bond acceptors (Lipinski definition) is 3. The highest BCUT2D eigenvalue weighted by molar-refractivity contribution is 6.37. The first-order chi connectivity index (χ1) is 21.5. The van der Waals surface area contributed by atoms with Gasteiger partial charge in [-0.2, -0.15) is 0 Å². The van der Waals surface area contributed by atoms with E-state index < -0.39 is 0 Å².